The molecule has 0 radical (unpaired) electrons. The number of aliphatic hydroxyl groups is 1. The van der Waals surface area contributed by atoms with Crippen molar-refractivity contribution < 1.29 is 28.5 Å². The Bertz CT molecular complexity index is 881. The molecule has 11 heteroatoms. The zero-order valence-corrected chi connectivity index (χ0v) is 13.8. The van der Waals surface area contributed by atoms with Gasteiger partial charge in [0, 0.05) is 6.42 Å². The number of nitrogens with zero attached hydrogens (tertiary/aromatic N) is 4. The summed E-state index contributed by atoms with van der Waals surface area (Å²) in [5.74, 6) is 2.19. The number of nitrogens with two attached hydrogens (primary N) is 1. The van der Waals surface area contributed by atoms with E-state index in [4.69, 9.17) is 26.4 Å². The second-order valence-electron chi connectivity index (χ2n) is 5.49. The predicted octanol–water partition coefficient (Wildman–Crippen LogP) is 0.372. The van der Waals surface area contributed by atoms with Gasteiger partial charge in [0.2, 0.25) is 0 Å². The summed E-state index contributed by atoms with van der Waals surface area (Å²) in [6.07, 6.45) is 3.08. The third kappa shape index (κ3) is 2.89. The van der Waals surface area contributed by atoms with Gasteiger partial charge in [-0.05, 0) is 6.92 Å². The molecule has 3 atom stereocenters. The molecule has 2 aromatic rings. The molecule has 138 valence electrons. The Labute approximate surface area is 147 Å². The molecule has 1 aliphatic heterocycles. The van der Waals surface area contributed by atoms with Crippen molar-refractivity contribution in [1.29, 1.82) is 0 Å². The van der Waals surface area contributed by atoms with Crippen LogP contribution >= 0.6 is 0 Å². The summed E-state index contributed by atoms with van der Waals surface area (Å²) in [5, 5.41) is 9.72. The van der Waals surface area contributed by atoms with Crippen LogP contribution in [-0.4, -0.2) is 55.7 Å². The fourth-order valence-electron chi connectivity index (χ4n) is 2.76. The highest BCUT2D eigenvalue weighted by atomic mass is 19.1. The Kier molecular flexibility index (Phi) is 4.62. The number of halogens is 1. The summed E-state index contributed by atoms with van der Waals surface area (Å²) in [6.45, 7) is 1.12. The first-order valence-corrected chi connectivity index (χ1v) is 7.69. The number of hydrogen-bond acceptors (Lipinski definition) is 9. The first kappa shape index (κ1) is 17.8. The number of carbonyl (C=O) groups is 1. The molecule has 0 saturated carbocycles. The Morgan fingerprint density at radius 2 is 2.42 bits per heavy atom. The fourth-order valence-corrected chi connectivity index (χ4v) is 2.76. The van der Waals surface area contributed by atoms with Crippen LogP contribution in [0.25, 0.3) is 11.2 Å². The monoisotopic (exact) mass is 365 g/mol. The summed E-state index contributed by atoms with van der Waals surface area (Å²) in [7, 11) is 0. The number of nitrogen functional groups attached to an aromatic ring is 1. The summed E-state index contributed by atoms with van der Waals surface area (Å²) in [4.78, 5) is 22.8. The van der Waals surface area contributed by atoms with Gasteiger partial charge in [-0.15, -0.1) is 6.42 Å². The van der Waals surface area contributed by atoms with Crippen molar-refractivity contribution in [2.45, 2.75) is 31.3 Å². The van der Waals surface area contributed by atoms with Crippen LogP contribution in [-0.2, 0) is 14.2 Å². The van der Waals surface area contributed by atoms with E-state index in [2.05, 4.69) is 20.9 Å². The highest BCUT2D eigenvalue weighted by molar-refractivity contribution is 5.81. The standard InChI is InChI=1S/C15H16FN5O5/c1-3-15(6-22)8(25-14(23)24-4-2)5-9(26-15)21-7-18-10-11(17)19-13(16)20-12(10)21/h1,7-9,22H,4-6H2,2H3,(H2,17,19,20)/t8-,9+,15+/m0/s1. The van der Waals surface area contributed by atoms with Crippen molar-refractivity contribution >= 4 is 23.1 Å². The van der Waals surface area contributed by atoms with Crippen molar-refractivity contribution in [1.82, 2.24) is 19.5 Å². The Morgan fingerprint density at radius 1 is 1.65 bits per heavy atom. The number of aromatic nitrogens is 4. The number of ether oxygens (including phenoxy) is 3. The number of imidazole rings is 1. The maximum Gasteiger partial charge on any atom is 0.508 e. The largest absolute Gasteiger partial charge is 0.508 e. The minimum atomic E-state index is -1.59. The molecule has 1 aliphatic rings. The number of anilines is 1. The Balaban J connectivity index is 1.95. The highest BCUT2D eigenvalue weighted by Crippen LogP contribution is 2.39. The van der Waals surface area contributed by atoms with Gasteiger partial charge >= 0.3 is 12.2 Å². The van der Waals surface area contributed by atoms with Crippen molar-refractivity contribution in [2.75, 3.05) is 18.9 Å². The zero-order chi connectivity index (χ0) is 18.9. The maximum absolute atomic E-state index is 13.5. The van der Waals surface area contributed by atoms with Crippen LogP contribution in [0.15, 0.2) is 6.33 Å². The number of aliphatic hydroxyl groups excluding tert-OH is 1. The van der Waals surface area contributed by atoms with Crippen LogP contribution < -0.4 is 5.73 Å². The lowest BCUT2D eigenvalue weighted by atomic mass is 9.99. The topological polar surface area (TPSA) is 135 Å². The number of fused-ring (bicyclic) bond motifs is 1. The van der Waals surface area contributed by atoms with Gasteiger partial charge < -0.3 is 25.1 Å². The lowest BCUT2D eigenvalue weighted by molar-refractivity contribution is -0.0973. The molecule has 0 bridgehead atoms. The van der Waals surface area contributed by atoms with Gasteiger partial charge in [0.25, 0.3) is 0 Å². The van der Waals surface area contributed by atoms with Crippen molar-refractivity contribution in [3.63, 3.8) is 0 Å². The highest BCUT2D eigenvalue weighted by Gasteiger charge is 2.51. The molecular weight excluding hydrogens is 349 g/mol. The van der Waals surface area contributed by atoms with Gasteiger partial charge in [-0.25, -0.2) is 9.78 Å². The van der Waals surface area contributed by atoms with Gasteiger partial charge in [-0.2, -0.15) is 14.4 Å². The van der Waals surface area contributed by atoms with Crippen LogP contribution in [0.5, 0.6) is 0 Å². The van der Waals surface area contributed by atoms with Crippen LogP contribution in [0.2, 0.25) is 0 Å². The van der Waals surface area contributed by atoms with Gasteiger partial charge in [0.15, 0.2) is 28.7 Å². The smallest absolute Gasteiger partial charge is 0.435 e. The number of terminal acetylenes is 1. The summed E-state index contributed by atoms with van der Waals surface area (Å²) in [6, 6.07) is 0. The van der Waals surface area contributed by atoms with Crippen molar-refractivity contribution in [3.05, 3.63) is 12.4 Å². The van der Waals surface area contributed by atoms with E-state index in [9.17, 15) is 14.3 Å². The van der Waals surface area contributed by atoms with Crippen LogP contribution in [0.3, 0.4) is 0 Å². The zero-order valence-electron chi connectivity index (χ0n) is 13.8. The Hall–Kier alpha value is -2.97. The molecule has 10 nitrogen and oxygen atoms in total. The molecule has 1 fully saturated rings. The molecule has 26 heavy (non-hydrogen) atoms. The molecule has 2 aromatic heterocycles. The van der Waals surface area contributed by atoms with Gasteiger partial charge in [-0.3, -0.25) is 4.57 Å². The average Bonchev–Trinajstić information content (AvgIpc) is 3.17. The Morgan fingerprint density at radius 3 is 3.08 bits per heavy atom. The molecule has 3 N–H and O–H groups in total. The lowest BCUT2D eigenvalue weighted by Gasteiger charge is -2.26. The average molecular weight is 365 g/mol. The van der Waals surface area contributed by atoms with Gasteiger partial charge in [0.1, 0.15) is 6.23 Å². The van der Waals surface area contributed by atoms with E-state index in [-0.39, 0.29) is 30.0 Å². The number of hydrogen-bond donors (Lipinski definition) is 2. The molecule has 1 saturated heterocycles. The van der Waals surface area contributed by atoms with Gasteiger partial charge in [-0.1, -0.05) is 5.92 Å². The van der Waals surface area contributed by atoms with E-state index in [0.717, 1.165) is 0 Å². The molecule has 0 spiro atoms. The third-order valence-electron chi connectivity index (χ3n) is 3.99. The number of carbonyl (C=O) groups excluding carboxylic acids is 1. The second-order valence-corrected chi connectivity index (χ2v) is 5.49. The molecule has 0 aliphatic carbocycles. The first-order valence-electron chi connectivity index (χ1n) is 7.69. The maximum atomic E-state index is 13.5. The molecule has 0 aromatic carbocycles. The van der Waals surface area contributed by atoms with E-state index in [1.54, 1.807) is 6.92 Å². The minimum absolute atomic E-state index is 0.0561. The fraction of sp³-hybridized carbons (Fsp3) is 0.467. The molecular formula is C15H16FN5O5. The normalized spacial score (nSPS) is 25.2. The molecule has 3 rings (SSSR count). The van der Waals surface area contributed by atoms with Crippen molar-refractivity contribution in [2.24, 2.45) is 0 Å². The second kappa shape index (κ2) is 6.74. The molecule has 3 heterocycles. The van der Waals surface area contributed by atoms with Crippen LogP contribution in [0.4, 0.5) is 15.0 Å². The number of rotatable bonds is 4. The SMILES string of the molecule is C#C[C@]1(CO)O[C@@H](n2cnc3c(N)nc(F)nc32)C[C@@H]1OC(=O)OCC. The van der Waals surface area contributed by atoms with E-state index in [1.165, 1.54) is 10.9 Å². The predicted molar refractivity (Wildman–Crippen MR) is 85.0 cm³/mol. The summed E-state index contributed by atoms with van der Waals surface area (Å²) >= 11 is 0. The summed E-state index contributed by atoms with van der Waals surface area (Å²) < 4.78 is 30.6. The molecule has 0 unspecified atom stereocenters. The third-order valence-corrected chi connectivity index (χ3v) is 3.99. The first-order chi connectivity index (χ1) is 12.4. The van der Waals surface area contributed by atoms with Crippen LogP contribution in [0, 0.1) is 18.4 Å². The van der Waals surface area contributed by atoms with Gasteiger partial charge in [0.05, 0.1) is 19.5 Å². The lowest BCUT2D eigenvalue weighted by Crippen LogP contribution is -2.44. The van der Waals surface area contributed by atoms with E-state index >= 15 is 0 Å². The van der Waals surface area contributed by atoms with Crippen molar-refractivity contribution in [3.8, 4) is 12.3 Å². The molecule has 0 amide bonds. The summed E-state index contributed by atoms with van der Waals surface area (Å²) in [5.41, 5.74) is 4.31. The van der Waals surface area contributed by atoms with E-state index in [0.29, 0.717) is 0 Å². The van der Waals surface area contributed by atoms with E-state index < -0.39 is 36.8 Å². The minimum Gasteiger partial charge on any atom is -0.435 e. The van der Waals surface area contributed by atoms with Crippen LogP contribution in [0.1, 0.15) is 19.6 Å². The quantitative estimate of drug-likeness (QED) is 0.447. The van der Waals surface area contributed by atoms with E-state index in [1.807, 2.05) is 0 Å².